The van der Waals surface area contributed by atoms with Gasteiger partial charge in [-0.1, -0.05) is 24.3 Å². The van der Waals surface area contributed by atoms with E-state index in [1.54, 1.807) is 0 Å². The normalized spacial score (nSPS) is 21.7. The molecule has 3 nitrogen and oxygen atoms in total. The van der Waals surface area contributed by atoms with Gasteiger partial charge in [0.2, 0.25) is 5.91 Å². The Morgan fingerprint density at radius 3 is 2.50 bits per heavy atom. The maximum absolute atomic E-state index is 11.3. The van der Waals surface area contributed by atoms with Crippen molar-refractivity contribution in [3.63, 3.8) is 0 Å². The van der Waals surface area contributed by atoms with Gasteiger partial charge in [0.25, 0.3) is 0 Å². The first kappa shape index (κ1) is 10.7. The van der Waals surface area contributed by atoms with Gasteiger partial charge in [-0.15, -0.1) is 0 Å². The smallest absolute Gasteiger partial charge is 0.217 e. The van der Waals surface area contributed by atoms with Crippen LogP contribution in [-0.4, -0.2) is 17.7 Å². The molecular weight excluding hydrogens is 178 g/mol. The molecule has 1 aliphatic rings. The van der Waals surface area contributed by atoms with E-state index in [4.69, 9.17) is 0 Å². The molecule has 0 radical (unpaired) electrons. The minimum absolute atomic E-state index is 0.00477. The summed E-state index contributed by atoms with van der Waals surface area (Å²) in [6.45, 7) is 2.94. The highest BCUT2D eigenvalue weighted by molar-refractivity contribution is 5.87. The molecule has 0 spiro atoms. The van der Waals surface area contributed by atoms with Crippen LogP contribution in [0.1, 0.15) is 20.3 Å². The zero-order valence-electron chi connectivity index (χ0n) is 8.49. The maximum atomic E-state index is 11.3. The molecule has 0 bridgehead atoms. The SMILES string of the molecule is CC(=O)N[C@@H](C(C)=O)C1C=CC=CC1. The number of hydrogen-bond acceptors (Lipinski definition) is 2. The number of nitrogens with one attached hydrogen (secondary N) is 1. The average molecular weight is 193 g/mol. The van der Waals surface area contributed by atoms with E-state index in [9.17, 15) is 9.59 Å². The van der Waals surface area contributed by atoms with Crippen LogP contribution in [-0.2, 0) is 9.59 Å². The second-order valence-electron chi connectivity index (χ2n) is 3.50. The molecule has 3 heteroatoms. The Balaban J connectivity index is 2.67. The van der Waals surface area contributed by atoms with Crippen LogP contribution in [0.4, 0.5) is 0 Å². The van der Waals surface area contributed by atoms with E-state index in [-0.39, 0.29) is 23.7 Å². The fourth-order valence-corrected chi connectivity index (χ4v) is 1.58. The lowest BCUT2D eigenvalue weighted by atomic mass is 9.90. The van der Waals surface area contributed by atoms with Crippen molar-refractivity contribution >= 4 is 11.7 Å². The summed E-state index contributed by atoms with van der Waals surface area (Å²) < 4.78 is 0. The van der Waals surface area contributed by atoms with Gasteiger partial charge in [-0.3, -0.25) is 9.59 Å². The summed E-state index contributed by atoms with van der Waals surface area (Å²) in [6, 6.07) is -0.381. The average Bonchev–Trinajstić information content (AvgIpc) is 2.15. The Kier molecular flexibility index (Phi) is 3.63. The summed E-state index contributed by atoms with van der Waals surface area (Å²) >= 11 is 0. The minimum Gasteiger partial charge on any atom is -0.346 e. The molecular formula is C11H15NO2. The molecule has 2 atom stereocenters. The van der Waals surface area contributed by atoms with Gasteiger partial charge in [-0.2, -0.15) is 0 Å². The van der Waals surface area contributed by atoms with Gasteiger partial charge in [0.05, 0.1) is 6.04 Å². The molecule has 0 aliphatic heterocycles. The standard InChI is InChI=1S/C11H15NO2/c1-8(13)11(12-9(2)14)10-6-4-3-5-7-10/h3-6,10-11H,7H2,1-2H3,(H,12,14)/t10?,11-/m0/s1. The third kappa shape index (κ3) is 2.83. The van der Waals surface area contributed by atoms with Gasteiger partial charge in [-0.05, 0) is 13.3 Å². The first-order valence-corrected chi connectivity index (χ1v) is 4.72. The number of carbonyl (C=O) groups excluding carboxylic acids is 2. The highest BCUT2D eigenvalue weighted by atomic mass is 16.2. The highest BCUT2D eigenvalue weighted by Gasteiger charge is 2.23. The quantitative estimate of drug-likeness (QED) is 0.732. The molecule has 0 fully saturated rings. The van der Waals surface area contributed by atoms with Crippen molar-refractivity contribution in [2.45, 2.75) is 26.3 Å². The number of rotatable bonds is 3. The van der Waals surface area contributed by atoms with Crippen LogP contribution < -0.4 is 5.32 Å². The lowest BCUT2D eigenvalue weighted by Gasteiger charge is -2.23. The van der Waals surface area contributed by atoms with Crippen molar-refractivity contribution in [3.05, 3.63) is 24.3 Å². The van der Waals surface area contributed by atoms with E-state index in [0.717, 1.165) is 6.42 Å². The summed E-state index contributed by atoms with van der Waals surface area (Å²) in [6.07, 6.45) is 8.62. The van der Waals surface area contributed by atoms with Crippen LogP contribution >= 0.6 is 0 Å². The summed E-state index contributed by atoms with van der Waals surface area (Å²) in [5.41, 5.74) is 0. The Labute approximate surface area is 83.9 Å². The predicted molar refractivity (Wildman–Crippen MR) is 54.7 cm³/mol. The Hall–Kier alpha value is -1.38. The molecule has 0 aromatic carbocycles. The van der Waals surface area contributed by atoms with E-state index < -0.39 is 0 Å². The van der Waals surface area contributed by atoms with Crippen LogP contribution in [0.3, 0.4) is 0 Å². The number of allylic oxidation sites excluding steroid dienone is 3. The van der Waals surface area contributed by atoms with Gasteiger partial charge in [-0.25, -0.2) is 0 Å². The molecule has 0 saturated carbocycles. The zero-order chi connectivity index (χ0) is 10.6. The van der Waals surface area contributed by atoms with Gasteiger partial charge in [0, 0.05) is 12.8 Å². The summed E-state index contributed by atoms with van der Waals surface area (Å²) in [4.78, 5) is 22.2. The van der Waals surface area contributed by atoms with Crippen molar-refractivity contribution in [1.29, 1.82) is 0 Å². The molecule has 1 unspecified atom stereocenters. The van der Waals surface area contributed by atoms with Gasteiger partial charge in [0.1, 0.15) is 0 Å². The van der Waals surface area contributed by atoms with Crippen LogP contribution in [0.2, 0.25) is 0 Å². The fraction of sp³-hybridized carbons (Fsp3) is 0.455. The lowest BCUT2D eigenvalue weighted by Crippen LogP contribution is -2.43. The Bertz CT molecular complexity index is 292. The Morgan fingerprint density at radius 2 is 2.07 bits per heavy atom. The van der Waals surface area contributed by atoms with E-state index in [0.29, 0.717) is 0 Å². The third-order valence-corrected chi connectivity index (χ3v) is 2.24. The van der Waals surface area contributed by atoms with Crippen LogP contribution in [0.5, 0.6) is 0 Å². The monoisotopic (exact) mass is 193 g/mol. The van der Waals surface area contributed by atoms with Gasteiger partial charge in [0.15, 0.2) is 5.78 Å². The van der Waals surface area contributed by atoms with Crippen LogP contribution in [0.15, 0.2) is 24.3 Å². The number of carbonyl (C=O) groups is 2. The maximum Gasteiger partial charge on any atom is 0.217 e. The zero-order valence-corrected chi connectivity index (χ0v) is 8.49. The van der Waals surface area contributed by atoms with Gasteiger partial charge >= 0.3 is 0 Å². The van der Waals surface area contributed by atoms with Crippen molar-refractivity contribution in [1.82, 2.24) is 5.32 Å². The van der Waals surface area contributed by atoms with Crippen LogP contribution in [0, 0.1) is 5.92 Å². The molecule has 1 rings (SSSR count). The largest absolute Gasteiger partial charge is 0.346 e. The summed E-state index contributed by atoms with van der Waals surface area (Å²) in [7, 11) is 0. The fourth-order valence-electron chi connectivity index (χ4n) is 1.58. The van der Waals surface area contributed by atoms with E-state index in [1.165, 1.54) is 13.8 Å². The molecule has 0 heterocycles. The lowest BCUT2D eigenvalue weighted by molar-refractivity contribution is -0.126. The number of amides is 1. The van der Waals surface area contributed by atoms with E-state index >= 15 is 0 Å². The molecule has 76 valence electrons. The van der Waals surface area contributed by atoms with Crippen molar-refractivity contribution < 1.29 is 9.59 Å². The second-order valence-corrected chi connectivity index (χ2v) is 3.50. The summed E-state index contributed by atoms with van der Waals surface area (Å²) in [5.74, 6) is -0.0558. The minimum atomic E-state index is -0.381. The topological polar surface area (TPSA) is 46.2 Å². The molecule has 1 N–H and O–H groups in total. The molecule has 0 aromatic rings. The number of ketones is 1. The predicted octanol–water partition coefficient (Wildman–Crippen LogP) is 1.21. The van der Waals surface area contributed by atoms with E-state index in [2.05, 4.69) is 5.32 Å². The van der Waals surface area contributed by atoms with E-state index in [1.807, 2.05) is 24.3 Å². The molecule has 0 saturated heterocycles. The molecule has 1 amide bonds. The van der Waals surface area contributed by atoms with Crippen molar-refractivity contribution in [2.75, 3.05) is 0 Å². The second kappa shape index (κ2) is 4.74. The van der Waals surface area contributed by atoms with Crippen LogP contribution in [0.25, 0.3) is 0 Å². The number of Topliss-reactive ketones (excluding diaryl/α,β-unsaturated/α-hetero) is 1. The number of hydrogen-bond donors (Lipinski definition) is 1. The van der Waals surface area contributed by atoms with Gasteiger partial charge < -0.3 is 5.32 Å². The first-order chi connectivity index (χ1) is 6.61. The molecule has 14 heavy (non-hydrogen) atoms. The molecule has 1 aliphatic carbocycles. The highest BCUT2D eigenvalue weighted by Crippen LogP contribution is 2.16. The van der Waals surface area contributed by atoms with Crippen molar-refractivity contribution in [2.24, 2.45) is 5.92 Å². The Morgan fingerprint density at radius 1 is 1.36 bits per heavy atom. The first-order valence-electron chi connectivity index (χ1n) is 4.72. The third-order valence-electron chi connectivity index (χ3n) is 2.24. The molecule has 0 aromatic heterocycles. The summed E-state index contributed by atoms with van der Waals surface area (Å²) in [5, 5.41) is 2.68. The van der Waals surface area contributed by atoms with Crippen molar-refractivity contribution in [3.8, 4) is 0 Å².